The van der Waals surface area contributed by atoms with E-state index in [1.165, 1.54) is 17.3 Å². The Hall–Kier alpha value is -3.23. The van der Waals surface area contributed by atoms with Crippen molar-refractivity contribution in [2.24, 2.45) is 4.99 Å². The van der Waals surface area contributed by atoms with Crippen molar-refractivity contribution in [2.45, 2.75) is 33.2 Å². The first-order valence-electron chi connectivity index (χ1n) is 12.3. The molecule has 4 rings (SSSR count). The number of hydrogen-bond donors (Lipinski definition) is 0. The van der Waals surface area contributed by atoms with E-state index in [1.54, 1.807) is 26.2 Å². The highest BCUT2D eigenvalue weighted by molar-refractivity contribution is 8.18. The van der Waals surface area contributed by atoms with Crippen molar-refractivity contribution in [3.8, 4) is 11.5 Å². The van der Waals surface area contributed by atoms with Crippen molar-refractivity contribution in [3.05, 3.63) is 58.5 Å². The summed E-state index contributed by atoms with van der Waals surface area (Å²) in [6.07, 6.45) is 4.20. The molecule has 2 aromatic rings. The highest BCUT2D eigenvalue weighted by Crippen LogP contribution is 2.43. The zero-order valence-corrected chi connectivity index (χ0v) is 23.4. The molecule has 0 unspecified atom stereocenters. The minimum atomic E-state index is -0.0994. The second kappa shape index (κ2) is 11.0. The average molecular weight is 522 g/mol. The van der Waals surface area contributed by atoms with Crippen molar-refractivity contribution in [3.63, 3.8) is 0 Å². The van der Waals surface area contributed by atoms with E-state index in [9.17, 15) is 4.79 Å². The first-order valence-corrected chi connectivity index (χ1v) is 13.2. The summed E-state index contributed by atoms with van der Waals surface area (Å²) in [6.45, 7) is 10.4. The number of methoxy groups -OCH3 is 3. The number of thioether (sulfide) groups is 1. The Balaban J connectivity index is 1.75. The van der Waals surface area contributed by atoms with Crippen LogP contribution in [0.3, 0.4) is 0 Å². The third kappa shape index (κ3) is 5.40. The van der Waals surface area contributed by atoms with Gasteiger partial charge < -0.3 is 19.1 Å². The first-order chi connectivity index (χ1) is 17.7. The third-order valence-electron chi connectivity index (χ3n) is 6.64. The number of ether oxygens (including phenoxy) is 3. The summed E-state index contributed by atoms with van der Waals surface area (Å²) in [5.74, 6) is 1.38. The van der Waals surface area contributed by atoms with E-state index in [4.69, 9.17) is 19.2 Å². The number of anilines is 1. The largest absolute Gasteiger partial charge is 0.497 e. The monoisotopic (exact) mass is 521 g/mol. The van der Waals surface area contributed by atoms with Crippen molar-refractivity contribution in [1.82, 2.24) is 4.90 Å². The minimum absolute atomic E-state index is 0.0945. The van der Waals surface area contributed by atoms with E-state index in [0.717, 1.165) is 40.5 Å². The molecular weight excluding hydrogens is 486 g/mol. The molecule has 0 bridgehead atoms. The zero-order valence-electron chi connectivity index (χ0n) is 22.6. The Labute approximate surface area is 223 Å². The standard InChI is InChI=1S/C29H35N3O4S/c1-8-32-24-17-25(36-7)20(15-23(24)19(2)18-29(32,3)4)16-26-27(33)31(13-14-34-5)28(37-26)30-21-9-11-22(35-6)12-10-21/h9-12,15-18H,8,13-14H2,1-7H3/b26-16+,30-28?. The summed E-state index contributed by atoms with van der Waals surface area (Å²) in [4.78, 5) is 22.9. The smallest absolute Gasteiger partial charge is 0.266 e. The van der Waals surface area contributed by atoms with Crippen LogP contribution in [0, 0.1) is 0 Å². The maximum atomic E-state index is 13.5. The van der Waals surface area contributed by atoms with Gasteiger partial charge in [-0.2, -0.15) is 0 Å². The van der Waals surface area contributed by atoms with E-state index in [0.29, 0.717) is 23.2 Å². The number of allylic oxidation sites excluding steroid dienone is 1. The number of likely N-dealkylation sites (N-methyl/N-ethyl adjacent to an activating group) is 1. The van der Waals surface area contributed by atoms with Gasteiger partial charge in [0.15, 0.2) is 5.17 Å². The highest BCUT2D eigenvalue weighted by atomic mass is 32.2. The van der Waals surface area contributed by atoms with E-state index in [-0.39, 0.29) is 11.4 Å². The molecule has 2 aliphatic heterocycles. The third-order valence-corrected chi connectivity index (χ3v) is 7.64. The molecule has 0 radical (unpaired) electrons. The molecule has 196 valence electrons. The summed E-state index contributed by atoms with van der Waals surface area (Å²) in [7, 11) is 4.92. The van der Waals surface area contributed by atoms with Gasteiger partial charge >= 0.3 is 0 Å². The van der Waals surface area contributed by atoms with Gasteiger partial charge in [-0.3, -0.25) is 9.69 Å². The van der Waals surface area contributed by atoms with Crippen LogP contribution < -0.4 is 14.4 Å². The van der Waals surface area contributed by atoms with E-state index < -0.39 is 0 Å². The van der Waals surface area contributed by atoms with Gasteiger partial charge in [0, 0.05) is 36.5 Å². The Morgan fingerprint density at radius 3 is 2.43 bits per heavy atom. The Bertz CT molecular complexity index is 1260. The van der Waals surface area contributed by atoms with Crippen LogP contribution in [-0.2, 0) is 9.53 Å². The number of carbonyl (C=O) groups is 1. The van der Waals surface area contributed by atoms with Gasteiger partial charge in [-0.05, 0) is 81.4 Å². The van der Waals surface area contributed by atoms with Crippen molar-refractivity contribution >= 4 is 45.9 Å². The molecule has 2 aliphatic rings. The van der Waals surface area contributed by atoms with Crippen LogP contribution in [0.2, 0.25) is 0 Å². The normalized spacial score (nSPS) is 18.9. The van der Waals surface area contributed by atoms with Crippen molar-refractivity contribution < 1.29 is 19.0 Å². The van der Waals surface area contributed by atoms with E-state index >= 15 is 0 Å². The van der Waals surface area contributed by atoms with Crippen LogP contribution >= 0.6 is 11.8 Å². The van der Waals surface area contributed by atoms with Gasteiger partial charge in [0.25, 0.3) is 5.91 Å². The lowest BCUT2D eigenvalue weighted by Crippen LogP contribution is -2.44. The molecule has 8 heteroatoms. The van der Waals surface area contributed by atoms with Crippen LogP contribution in [0.15, 0.2) is 52.4 Å². The fourth-order valence-electron chi connectivity index (χ4n) is 4.87. The summed E-state index contributed by atoms with van der Waals surface area (Å²) in [6, 6.07) is 11.7. The maximum absolute atomic E-state index is 13.5. The molecule has 1 amide bonds. The number of amidine groups is 1. The summed E-state index contributed by atoms with van der Waals surface area (Å²) >= 11 is 1.36. The van der Waals surface area contributed by atoms with E-state index in [1.807, 2.05) is 30.3 Å². The van der Waals surface area contributed by atoms with Crippen molar-refractivity contribution in [2.75, 3.05) is 45.9 Å². The maximum Gasteiger partial charge on any atom is 0.266 e. The van der Waals surface area contributed by atoms with Gasteiger partial charge in [-0.1, -0.05) is 6.08 Å². The number of fused-ring (bicyclic) bond motifs is 1. The second-order valence-corrected chi connectivity index (χ2v) is 10.5. The van der Waals surface area contributed by atoms with Crippen LogP contribution in [0.25, 0.3) is 11.6 Å². The van der Waals surface area contributed by atoms with Crippen LogP contribution in [0.1, 0.15) is 38.8 Å². The number of rotatable bonds is 8. The number of amides is 1. The first kappa shape index (κ1) is 26.8. The Morgan fingerprint density at radius 2 is 1.81 bits per heavy atom. The van der Waals surface area contributed by atoms with Crippen LogP contribution in [-0.4, -0.2) is 62.5 Å². The molecule has 1 saturated heterocycles. The lowest BCUT2D eigenvalue weighted by molar-refractivity contribution is -0.122. The quantitative estimate of drug-likeness (QED) is 0.399. The molecule has 0 aromatic heterocycles. The predicted octanol–water partition coefficient (Wildman–Crippen LogP) is 5.98. The molecule has 2 aromatic carbocycles. The molecule has 0 spiro atoms. The number of aliphatic imine (C=N–C) groups is 1. The zero-order chi connectivity index (χ0) is 26.7. The van der Waals surface area contributed by atoms with Gasteiger partial charge in [-0.25, -0.2) is 4.99 Å². The molecule has 0 atom stereocenters. The molecule has 0 aliphatic carbocycles. The summed E-state index contributed by atoms with van der Waals surface area (Å²) < 4.78 is 16.3. The predicted molar refractivity (Wildman–Crippen MR) is 153 cm³/mol. The SMILES string of the molecule is CCN1c2cc(OC)c(/C=C3/SC(=Nc4ccc(OC)cc4)N(CCOC)C3=O)cc2C(C)=CC1(C)C. The number of benzene rings is 2. The minimum Gasteiger partial charge on any atom is -0.497 e. The molecule has 1 fully saturated rings. The lowest BCUT2D eigenvalue weighted by Gasteiger charge is -2.43. The number of hydrogen-bond acceptors (Lipinski definition) is 7. The fraction of sp³-hybridized carbons (Fsp3) is 0.379. The molecule has 7 nitrogen and oxygen atoms in total. The average Bonchev–Trinajstić information content (AvgIpc) is 3.16. The topological polar surface area (TPSA) is 63.6 Å². The summed E-state index contributed by atoms with van der Waals surface area (Å²) in [5.41, 5.74) is 5.00. The van der Waals surface area contributed by atoms with E-state index in [2.05, 4.69) is 50.8 Å². The second-order valence-electron chi connectivity index (χ2n) is 9.49. The Morgan fingerprint density at radius 1 is 1.08 bits per heavy atom. The molecule has 0 saturated carbocycles. The molecular formula is C29H35N3O4S. The molecule has 0 N–H and O–H groups in total. The molecule has 2 heterocycles. The Kier molecular flexibility index (Phi) is 7.99. The van der Waals surface area contributed by atoms with Gasteiger partial charge in [-0.15, -0.1) is 0 Å². The molecule has 37 heavy (non-hydrogen) atoms. The van der Waals surface area contributed by atoms with Gasteiger partial charge in [0.05, 0.1) is 43.5 Å². The summed E-state index contributed by atoms with van der Waals surface area (Å²) in [5, 5.41) is 0.616. The van der Waals surface area contributed by atoms with Crippen LogP contribution in [0.5, 0.6) is 11.5 Å². The lowest BCUT2D eigenvalue weighted by atomic mass is 9.87. The van der Waals surface area contributed by atoms with Gasteiger partial charge in [0.2, 0.25) is 0 Å². The number of nitrogens with zero attached hydrogens (tertiary/aromatic N) is 3. The fourth-order valence-corrected chi connectivity index (χ4v) is 5.88. The number of carbonyl (C=O) groups excluding carboxylic acids is 1. The van der Waals surface area contributed by atoms with Gasteiger partial charge in [0.1, 0.15) is 11.5 Å². The highest BCUT2D eigenvalue weighted by Gasteiger charge is 2.34. The van der Waals surface area contributed by atoms with Crippen molar-refractivity contribution in [1.29, 1.82) is 0 Å². The van der Waals surface area contributed by atoms with Crippen LogP contribution in [0.4, 0.5) is 11.4 Å².